The van der Waals surface area contributed by atoms with Crippen LogP contribution in [0.3, 0.4) is 0 Å². The van der Waals surface area contributed by atoms with Gasteiger partial charge in [-0.2, -0.15) is 4.98 Å². The summed E-state index contributed by atoms with van der Waals surface area (Å²) in [6.45, 7) is 5.99. The molecule has 1 aliphatic rings. The molecule has 19 heavy (non-hydrogen) atoms. The maximum Gasteiger partial charge on any atom is 0.749 e. The Kier molecular flexibility index (Phi) is 4.34. The third-order valence-corrected chi connectivity index (χ3v) is 3.39. The van der Waals surface area contributed by atoms with Crippen molar-refractivity contribution in [2.75, 3.05) is 18.0 Å². The van der Waals surface area contributed by atoms with E-state index in [1.165, 1.54) is 0 Å². The van der Waals surface area contributed by atoms with Crippen LogP contribution >= 0.6 is 8.25 Å². The van der Waals surface area contributed by atoms with Crippen LogP contribution in [0, 0.1) is 5.92 Å². The number of anilines is 1. The molecule has 1 aromatic rings. The van der Waals surface area contributed by atoms with Crippen LogP contribution in [-0.2, 0) is 4.57 Å². The smallest absolute Gasteiger partial charge is 0.356 e. The summed E-state index contributed by atoms with van der Waals surface area (Å²) in [5, 5.41) is 0. The largest absolute Gasteiger partial charge is 0.749 e. The fourth-order valence-corrected chi connectivity index (χ4v) is 2.55. The highest BCUT2D eigenvalue weighted by atomic mass is 31.1. The molecule has 0 amide bonds. The highest BCUT2D eigenvalue weighted by molar-refractivity contribution is 7.32. The van der Waals surface area contributed by atoms with Gasteiger partial charge < -0.3 is 10.6 Å². The summed E-state index contributed by atoms with van der Waals surface area (Å²) in [6.07, 6.45) is 0.885. The SMILES string of the molecule is CC(C)CN1CCC(N)c2ccc(O[P+](=O)O)nc21. The van der Waals surface area contributed by atoms with E-state index in [1.54, 1.807) is 6.07 Å². The maximum atomic E-state index is 10.7. The van der Waals surface area contributed by atoms with Crippen molar-refractivity contribution in [1.82, 2.24) is 4.98 Å². The van der Waals surface area contributed by atoms with Crippen LogP contribution in [0.15, 0.2) is 12.1 Å². The second-order valence-electron chi connectivity index (χ2n) is 5.13. The summed E-state index contributed by atoms with van der Waals surface area (Å²) in [5.74, 6) is 1.43. The number of nitrogens with two attached hydrogens (primary N) is 1. The predicted molar refractivity (Wildman–Crippen MR) is 73.3 cm³/mol. The van der Waals surface area contributed by atoms with Crippen LogP contribution in [-0.4, -0.2) is 23.0 Å². The van der Waals surface area contributed by atoms with Gasteiger partial charge in [0.25, 0.3) is 5.88 Å². The predicted octanol–water partition coefficient (Wildman–Crippen LogP) is 1.98. The third kappa shape index (κ3) is 3.41. The van der Waals surface area contributed by atoms with E-state index in [4.69, 9.17) is 15.2 Å². The van der Waals surface area contributed by atoms with E-state index in [1.807, 2.05) is 6.07 Å². The van der Waals surface area contributed by atoms with Crippen molar-refractivity contribution in [2.24, 2.45) is 11.7 Å². The second-order valence-corrected chi connectivity index (χ2v) is 5.78. The Labute approximate surface area is 113 Å². The standard InChI is InChI=1S/C12H18N3O3P/c1-8(2)7-15-6-5-10(13)9-3-4-11(14-12(9)15)18-19(16)17/h3-4,8,10H,5-7,13H2,1-2H3/p+1. The molecule has 0 radical (unpaired) electrons. The van der Waals surface area contributed by atoms with Gasteiger partial charge in [0.15, 0.2) is 0 Å². The lowest BCUT2D eigenvalue weighted by molar-refractivity contribution is 0.403. The summed E-state index contributed by atoms with van der Waals surface area (Å²) in [5.41, 5.74) is 7.04. The second kappa shape index (κ2) is 5.82. The third-order valence-electron chi connectivity index (χ3n) is 3.05. The van der Waals surface area contributed by atoms with Crippen molar-refractivity contribution in [3.05, 3.63) is 17.7 Å². The van der Waals surface area contributed by atoms with Gasteiger partial charge in [-0.1, -0.05) is 13.8 Å². The molecule has 6 nitrogen and oxygen atoms in total. The number of pyridine rings is 1. The monoisotopic (exact) mass is 284 g/mol. The summed E-state index contributed by atoms with van der Waals surface area (Å²) in [7, 11) is -2.69. The summed E-state index contributed by atoms with van der Waals surface area (Å²) in [6, 6.07) is 3.37. The molecule has 104 valence electrons. The first kappa shape index (κ1) is 14.2. The van der Waals surface area contributed by atoms with Crippen molar-refractivity contribution >= 4 is 14.1 Å². The minimum Gasteiger partial charge on any atom is -0.356 e. The quantitative estimate of drug-likeness (QED) is 0.822. The van der Waals surface area contributed by atoms with E-state index in [9.17, 15) is 4.57 Å². The lowest BCUT2D eigenvalue weighted by atomic mass is 9.99. The fraction of sp³-hybridized carbons (Fsp3) is 0.583. The molecular formula is C12H19N3O3P+. The number of aromatic nitrogens is 1. The van der Waals surface area contributed by atoms with Gasteiger partial charge in [-0.3, -0.25) is 0 Å². The number of hydrogen-bond donors (Lipinski definition) is 2. The Morgan fingerprint density at radius 3 is 3.00 bits per heavy atom. The average molecular weight is 284 g/mol. The molecule has 0 aromatic carbocycles. The highest BCUT2D eigenvalue weighted by Gasteiger charge is 2.26. The number of nitrogens with zero attached hydrogens (tertiary/aromatic N) is 2. The van der Waals surface area contributed by atoms with E-state index >= 15 is 0 Å². The summed E-state index contributed by atoms with van der Waals surface area (Å²) < 4.78 is 15.5. The summed E-state index contributed by atoms with van der Waals surface area (Å²) >= 11 is 0. The molecule has 2 rings (SSSR count). The molecular weight excluding hydrogens is 265 g/mol. The van der Waals surface area contributed by atoms with Crippen LogP contribution in [0.25, 0.3) is 0 Å². The molecule has 0 aliphatic carbocycles. The van der Waals surface area contributed by atoms with Crippen molar-refractivity contribution < 1.29 is 14.0 Å². The summed E-state index contributed by atoms with van der Waals surface area (Å²) in [4.78, 5) is 15.3. The average Bonchev–Trinajstić information content (AvgIpc) is 2.31. The van der Waals surface area contributed by atoms with E-state index < -0.39 is 8.25 Å². The molecule has 0 saturated heterocycles. The zero-order chi connectivity index (χ0) is 14.0. The molecule has 0 bridgehead atoms. The van der Waals surface area contributed by atoms with Gasteiger partial charge >= 0.3 is 8.25 Å². The van der Waals surface area contributed by atoms with Crippen molar-refractivity contribution in [1.29, 1.82) is 0 Å². The molecule has 2 unspecified atom stereocenters. The van der Waals surface area contributed by atoms with Gasteiger partial charge in [0.05, 0.1) is 0 Å². The zero-order valence-corrected chi connectivity index (χ0v) is 12.0. The first-order chi connectivity index (χ1) is 8.97. The van der Waals surface area contributed by atoms with E-state index in [2.05, 4.69) is 23.7 Å². The van der Waals surface area contributed by atoms with Gasteiger partial charge in [-0.05, 0) is 18.4 Å². The molecule has 0 fully saturated rings. The molecule has 7 heteroatoms. The Hall–Kier alpha value is -1.23. The topological polar surface area (TPSA) is 88.7 Å². The van der Waals surface area contributed by atoms with E-state index in [-0.39, 0.29) is 11.9 Å². The lowest BCUT2D eigenvalue weighted by Gasteiger charge is -2.34. The Morgan fingerprint density at radius 2 is 2.37 bits per heavy atom. The van der Waals surface area contributed by atoms with Crippen molar-refractivity contribution in [3.63, 3.8) is 0 Å². The van der Waals surface area contributed by atoms with Gasteiger partial charge in [0.1, 0.15) is 5.82 Å². The maximum absolute atomic E-state index is 10.7. The Morgan fingerprint density at radius 1 is 1.63 bits per heavy atom. The van der Waals surface area contributed by atoms with E-state index in [0.29, 0.717) is 5.92 Å². The molecule has 2 atom stereocenters. The van der Waals surface area contributed by atoms with Crippen LogP contribution in [0.4, 0.5) is 5.82 Å². The normalized spacial score (nSPS) is 19.3. The molecule has 1 aliphatic heterocycles. The molecule has 0 spiro atoms. The molecule has 2 heterocycles. The van der Waals surface area contributed by atoms with Crippen LogP contribution in [0.5, 0.6) is 5.88 Å². The van der Waals surface area contributed by atoms with Crippen molar-refractivity contribution in [3.8, 4) is 5.88 Å². The highest BCUT2D eigenvalue weighted by Crippen LogP contribution is 2.34. The Bertz CT molecular complexity index is 481. The van der Waals surface area contributed by atoms with Gasteiger partial charge in [0.2, 0.25) is 0 Å². The van der Waals surface area contributed by atoms with E-state index in [0.717, 1.165) is 30.9 Å². The Balaban J connectivity index is 2.32. The zero-order valence-electron chi connectivity index (χ0n) is 11.1. The number of fused-ring (bicyclic) bond motifs is 1. The van der Waals surface area contributed by atoms with Crippen molar-refractivity contribution in [2.45, 2.75) is 26.3 Å². The molecule has 3 N–H and O–H groups in total. The minimum atomic E-state index is -2.69. The van der Waals surface area contributed by atoms with Crippen LogP contribution in [0.1, 0.15) is 31.9 Å². The van der Waals surface area contributed by atoms with Gasteiger partial charge in [-0.15, -0.1) is 4.89 Å². The lowest BCUT2D eigenvalue weighted by Crippen LogP contribution is -2.36. The van der Waals surface area contributed by atoms with Gasteiger partial charge in [-0.25, -0.2) is 4.52 Å². The number of hydrogen-bond acceptors (Lipinski definition) is 5. The number of rotatable bonds is 4. The fourth-order valence-electron chi connectivity index (χ4n) is 2.29. The molecule has 0 saturated carbocycles. The molecule has 1 aromatic heterocycles. The van der Waals surface area contributed by atoms with Crippen LogP contribution in [0.2, 0.25) is 0 Å². The van der Waals surface area contributed by atoms with Gasteiger partial charge in [0, 0.05) is 35.3 Å². The van der Waals surface area contributed by atoms with Crippen LogP contribution < -0.4 is 15.2 Å². The minimum absolute atomic E-state index is 0.0390. The first-order valence-electron chi connectivity index (χ1n) is 6.33. The first-order valence-corrected chi connectivity index (χ1v) is 7.46.